The molecule has 1 N–H and O–H groups in total. The molecule has 2 aliphatic heterocycles. The van der Waals surface area contributed by atoms with Crippen LogP contribution in [0.4, 0.5) is 0 Å². The van der Waals surface area contributed by atoms with Crippen LogP contribution in [0.3, 0.4) is 0 Å². The molecule has 1 fully saturated rings. The highest BCUT2D eigenvalue weighted by Crippen LogP contribution is 2.33. The summed E-state index contributed by atoms with van der Waals surface area (Å²) in [6.45, 7) is 0.933. The van der Waals surface area contributed by atoms with Crippen molar-refractivity contribution >= 4 is 39.1 Å². The maximum Gasteiger partial charge on any atom is 0.244 e. The molecule has 2 heterocycles. The first-order valence-corrected chi connectivity index (χ1v) is 11.7. The Morgan fingerprint density at radius 1 is 1.13 bits per heavy atom. The number of ether oxygens (including phenoxy) is 2. The molecule has 2 aromatic carbocycles. The van der Waals surface area contributed by atoms with Gasteiger partial charge in [0.05, 0.1) is 10.9 Å². The van der Waals surface area contributed by atoms with E-state index in [2.05, 4.69) is 5.32 Å². The zero-order chi connectivity index (χ0) is 21.3. The summed E-state index contributed by atoms with van der Waals surface area (Å²) in [6.07, 6.45) is 1.20. The van der Waals surface area contributed by atoms with Gasteiger partial charge in [-0.1, -0.05) is 29.3 Å². The second kappa shape index (κ2) is 8.63. The number of carbonyl (C=O) groups is 1. The molecule has 4 rings (SSSR count). The van der Waals surface area contributed by atoms with Crippen molar-refractivity contribution in [1.82, 2.24) is 9.62 Å². The first-order chi connectivity index (χ1) is 14.3. The largest absolute Gasteiger partial charge is 0.454 e. The fraction of sp³-hybridized carbons (Fsp3) is 0.350. The zero-order valence-electron chi connectivity index (χ0n) is 15.9. The minimum atomic E-state index is -3.85. The second-order valence-electron chi connectivity index (χ2n) is 7.18. The monoisotopic (exact) mass is 470 g/mol. The number of halogens is 2. The van der Waals surface area contributed by atoms with E-state index in [1.807, 2.05) is 12.1 Å². The van der Waals surface area contributed by atoms with Gasteiger partial charge < -0.3 is 14.8 Å². The van der Waals surface area contributed by atoms with Gasteiger partial charge >= 0.3 is 0 Å². The number of hydrogen-bond donors (Lipinski definition) is 1. The van der Waals surface area contributed by atoms with Crippen LogP contribution in [-0.2, 0) is 21.4 Å². The van der Waals surface area contributed by atoms with Crippen molar-refractivity contribution in [1.29, 1.82) is 0 Å². The van der Waals surface area contributed by atoms with Gasteiger partial charge in [0.15, 0.2) is 11.5 Å². The number of piperidine rings is 1. The summed E-state index contributed by atoms with van der Waals surface area (Å²) in [6, 6.07) is 9.80. The van der Waals surface area contributed by atoms with Crippen LogP contribution in [0.15, 0.2) is 41.3 Å². The van der Waals surface area contributed by atoms with Crippen LogP contribution in [0.1, 0.15) is 18.4 Å². The second-order valence-corrected chi connectivity index (χ2v) is 9.93. The minimum Gasteiger partial charge on any atom is -0.454 e. The summed E-state index contributed by atoms with van der Waals surface area (Å²) in [7, 11) is -3.85. The molecule has 0 aliphatic carbocycles. The van der Waals surface area contributed by atoms with Crippen LogP contribution in [0.5, 0.6) is 11.5 Å². The number of amides is 1. The maximum absolute atomic E-state index is 13.0. The molecule has 7 nitrogen and oxygen atoms in total. The predicted molar refractivity (Wildman–Crippen MR) is 112 cm³/mol. The molecule has 1 saturated heterocycles. The van der Waals surface area contributed by atoms with Gasteiger partial charge in [-0.2, -0.15) is 4.31 Å². The number of carbonyl (C=O) groups excluding carboxylic acids is 1. The fourth-order valence-corrected chi connectivity index (χ4v) is 5.83. The third-order valence-electron chi connectivity index (χ3n) is 5.17. The number of hydrogen-bond acceptors (Lipinski definition) is 5. The molecule has 0 saturated carbocycles. The minimum absolute atomic E-state index is 0.0434. The van der Waals surface area contributed by atoms with E-state index in [-0.39, 0.29) is 34.2 Å². The highest BCUT2D eigenvalue weighted by atomic mass is 35.5. The van der Waals surface area contributed by atoms with Crippen LogP contribution in [0, 0.1) is 5.92 Å². The molecular formula is C20H20Cl2N2O5S. The quantitative estimate of drug-likeness (QED) is 0.723. The Hall–Kier alpha value is -2.00. The van der Waals surface area contributed by atoms with Gasteiger partial charge in [0.2, 0.25) is 22.7 Å². The lowest BCUT2D eigenvalue weighted by atomic mass is 9.98. The highest BCUT2D eigenvalue weighted by Gasteiger charge is 2.34. The Bertz CT molecular complexity index is 1080. The van der Waals surface area contributed by atoms with Crippen molar-refractivity contribution in [2.45, 2.75) is 24.3 Å². The maximum atomic E-state index is 13.0. The Kier molecular flexibility index (Phi) is 6.11. The summed E-state index contributed by atoms with van der Waals surface area (Å²) in [4.78, 5) is 12.7. The Balaban J connectivity index is 1.42. The Morgan fingerprint density at radius 3 is 2.77 bits per heavy atom. The molecule has 0 bridgehead atoms. The zero-order valence-corrected chi connectivity index (χ0v) is 18.3. The molecule has 2 aromatic rings. The first kappa shape index (κ1) is 21.2. The Morgan fingerprint density at radius 2 is 1.93 bits per heavy atom. The lowest BCUT2D eigenvalue weighted by molar-refractivity contribution is -0.126. The SMILES string of the molecule is O=C(NCc1ccc2c(c1)OCO2)[C@@H]1CCCN(S(=O)(=O)c2cc(Cl)ccc2Cl)C1. The van der Waals surface area contributed by atoms with E-state index in [1.165, 1.54) is 22.5 Å². The van der Waals surface area contributed by atoms with Crippen molar-refractivity contribution < 1.29 is 22.7 Å². The lowest BCUT2D eigenvalue weighted by Gasteiger charge is -2.31. The van der Waals surface area contributed by atoms with E-state index in [9.17, 15) is 13.2 Å². The van der Waals surface area contributed by atoms with Crippen LogP contribution in [0.25, 0.3) is 0 Å². The molecule has 0 unspecified atom stereocenters. The molecule has 0 radical (unpaired) electrons. The molecule has 160 valence electrons. The van der Waals surface area contributed by atoms with Crippen molar-refractivity contribution in [3.63, 3.8) is 0 Å². The number of rotatable bonds is 5. The van der Waals surface area contributed by atoms with E-state index >= 15 is 0 Å². The lowest BCUT2D eigenvalue weighted by Crippen LogP contribution is -2.45. The molecule has 0 aromatic heterocycles. The standard InChI is InChI=1S/C20H20Cl2N2O5S/c21-15-4-5-16(22)19(9-15)30(26,27)24-7-1-2-14(11-24)20(25)23-10-13-3-6-17-18(8-13)29-12-28-17/h3-6,8-9,14H,1-2,7,10-12H2,(H,23,25)/t14-/m1/s1. The molecule has 0 spiro atoms. The smallest absolute Gasteiger partial charge is 0.244 e. The molecule has 1 atom stereocenters. The first-order valence-electron chi connectivity index (χ1n) is 9.46. The topological polar surface area (TPSA) is 84.9 Å². The third-order valence-corrected chi connectivity index (χ3v) is 7.75. The van der Waals surface area contributed by atoms with Crippen molar-refractivity contribution in [2.24, 2.45) is 5.92 Å². The molecule has 30 heavy (non-hydrogen) atoms. The molecule has 10 heteroatoms. The number of benzene rings is 2. The van der Waals surface area contributed by atoms with E-state index in [0.29, 0.717) is 37.4 Å². The molecule has 2 aliphatic rings. The summed E-state index contributed by atoms with van der Waals surface area (Å²) >= 11 is 12.0. The fourth-order valence-electron chi connectivity index (χ4n) is 3.57. The third kappa shape index (κ3) is 4.37. The van der Waals surface area contributed by atoms with Gasteiger partial charge in [0.1, 0.15) is 4.90 Å². The number of fused-ring (bicyclic) bond motifs is 1. The van der Waals surface area contributed by atoms with Crippen LogP contribution in [0.2, 0.25) is 10.0 Å². The summed E-state index contributed by atoms with van der Waals surface area (Å²) < 4.78 is 38.0. The average molecular weight is 471 g/mol. The Labute approximate surface area is 184 Å². The van der Waals surface area contributed by atoms with Gasteiger partial charge in [-0.05, 0) is 48.7 Å². The van der Waals surface area contributed by atoms with Crippen LogP contribution >= 0.6 is 23.2 Å². The van der Waals surface area contributed by atoms with Gasteiger partial charge in [-0.3, -0.25) is 4.79 Å². The number of nitrogens with one attached hydrogen (secondary N) is 1. The van der Waals surface area contributed by atoms with E-state index in [4.69, 9.17) is 32.7 Å². The normalized spacial score (nSPS) is 18.9. The summed E-state index contributed by atoms with van der Waals surface area (Å²) in [5, 5.41) is 3.28. The average Bonchev–Trinajstić information content (AvgIpc) is 3.21. The van der Waals surface area contributed by atoms with Gasteiger partial charge in [0, 0.05) is 24.7 Å². The van der Waals surface area contributed by atoms with E-state index in [0.717, 1.165) is 5.56 Å². The van der Waals surface area contributed by atoms with Gasteiger partial charge in [0.25, 0.3) is 0 Å². The molecule has 1 amide bonds. The highest BCUT2D eigenvalue weighted by molar-refractivity contribution is 7.89. The predicted octanol–water partition coefficient (Wildman–Crippen LogP) is 3.44. The molecular weight excluding hydrogens is 451 g/mol. The van der Waals surface area contributed by atoms with E-state index in [1.54, 1.807) is 6.07 Å². The summed E-state index contributed by atoms with van der Waals surface area (Å²) in [5.41, 5.74) is 0.874. The van der Waals surface area contributed by atoms with Gasteiger partial charge in [-0.15, -0.1) is 0 Å². The number of nitrogens with zero attached hydrogens (tertiary/aromatic N) is 1. The van der Waals surface area contributed by atoms with Crippen molar-refractivity contribution in [2.75, 3.05) is 19.9 Å². The van der Waals surface area contributed by atoms with Crippen molar-refractivity contribution in [3.05, 3.63) is 52.0 Å². The number of sulfonamides is 1. The summed E-state index contributed by atoms with van der Waals surface area (Å²) in [5.74, 6) is 0.693. The van der Waals surface area contributed by atoms with E-state index < -0.39 is 15.9 Å². The van der Waals surface area contributed by atoms with Gasteiger partial charge in [-0.25, -0.2) is 8.42 Å². The van der Waals surface area contributed by atoms with Crippen LogP contribution in [-0.4, -0.2) is 38.5 Å². The van der Waals surface area contributed by atoms with Crippen LogP contribution < -0.4 is 14.8 Å². The van der Waals surface area contributed by atoms with Crippen molar-refractivity contribution in [3.8, 4) is 11.5 Å².